The molecular weight excluding hydrogens is 634 g/mol. The van der Waals surface area contributed by atoms with Gasteiger partial charge in [-0.2, -0.15) is 31.4 Å². The Hall–Kier alpha value is -4.37. The summed E-state index contributed by atoms with van der Waals surface area (Å²) in [6.07, 6.45) is -2.40. The Kier molecular flexibility index (Phi) is 9.68. The lowest BCUT2D eigenvalue weighted by Gasteiger charge is -2.31. The molecule has 3 heterocycles. The molecule has 16 heteroatoms. The molecule has 10 nitrogen and oxygen atoms in total. The highest BCUT2D eigenvalue weighted by Gasteiger charge is 2.41. The van der Waals surface area contributed by atoms with Crippen molar-refractivity contribution in [3.05, 3.63) is 59.7 Å². The molecule has 254 valence electrons. The Bertz CT molecular complexity index is 1540. The number of aromatic nitrogens is 4. The normalized spacial score (nSPS) is 21.9. The van der Waals surface area contributed by atoms with Crippen molar-refractivity contribution in [2.45, 2.75) is 82.5 Å². The summed E-state index contributed by atoms with van der Waals surface area (Å²) >= 11 is 0. The predicted molar refractivity (Wildman–Crippen MR) is 156 cm³/mol. The SMILES string of the molecule is CC[C@@H]1C[C@H](N(Cc2cc(C(F)(F)F)cc(C(F)(F)F)c2)c2ncc(-c3cnn(C)c3)cn2)CN1C(=O)OC1CCC(C(=O)O)CC1. The maximum atomic E-state index is 13.7. The number of likely N-dealkylation sites (tertiary alicyclic amines) is 1. The summed E-state index contributed by atoms with van der Waals surface area (Å²) < 4.78 is 89.5. The molecular formula is C31H34F6N6O4. The Morgan fingerprint density at radius 1 is 0.957 bits per heavy atom. The van der Waals surface area contributed by atoms with Crippen LogP contribution >= 0.6 is 0 Å². The van der Waals surface area contributed by atoms with Gasteiger partial charge < -0.3 is 19.6 Å². The molecule has 1 N–H and O–H groups in total. The van der Waals surface area contributed by atoms with Crippen LogP contribution in [0.15, 0.2) is 43.0 Å². The Morgan fingerprint density at radius 3 is 2.09 bits per heavy atom. The van der Waals surface area contributed by atoms with Gasteiger partial charge in [-0.25, -0.2) is 14.8 Å². The average molecular weight is 669 g/mol. The highest BCUT2D eigenvalue weighted by molar-refractivity contribution is 5.70. The number of halogens is 6. The van der Waals surface area contributed by atoms with Gasteiger partial charge in [-0.1, -0.05) is 6.92 Å². The maximum Gasteiger partial charge on any atom is 0.416 e. The number of nitrogens with zero attached hydrogens (tertiary/aromatic N) is 6. The number of aryl methyl sites for hydroxylation is 1. The lowest BCUT2D eigenvalue weighted by Crippen LogP contribution is -2.42. The fourth-order valence-corrected chi connectivity index (χ4v) is 6.23. The van der Waals surface area contributed by atoms with Crippen molar-refractivity contribution in [1.29, 1.82) is 0 Å². The Labute approximate surface area is 266 Å². The summed E-state index contributed by atoms with van der Waals surface area (Å²) in [6, 6.07) is 0.517. The average Bonchev–Trinajstić information content (AvgIpc) is 3.66. The molecule has 0 bridgehead atoms. The van der Waals surface area contributed by atoms with E-state index in [0.29, 0.717) is 61.8 Å². The summed E-state index contributed by atoms with van der Waals surface area (Å²) in [4.78, 5) is 36.6. The third-order valence-electron chi connectivity index (χ3n) is 8.76. The van der Waals surface area contributed by atoms with Gasteiger partial charge in [0.1, 0.15) is 6.10 Å². The molecule has 1 saturated heterocycles. The van der Waals surface area contributed by atoms with Crippen LogP contribution < -0.4 is 4.90 Å². The second-order valence-corrected chi connectivity index (χ2v) is 12.0. The summed E-state index contributed by atoms with van der Waals surface area (Å²) in [7, 11) is 1.73. The number of aliphatic carboxylic acids is 1. The van der Waals surface area contributed by atoms with E-state index in [2.05, 4.69) is 15.1 Å². The number of carboxylic acid groups (broad SMARTS) is 1. The largest absolute Gasteiger partial charge is 0.481 e. The van der Waals surface area contributed by atoms with E-state index in [4.69, 9.17) is 4.74 Å². The smallest absolute Gasteiger partial charge is 0.416 e. The topological polar surface area (TPSA) is 114 Å². The zero-order chi connectivity index (χ0) is 34.1. The van der Waals surface area contributed by atoms with E-state index in [1.54, 1.807) is 24.1 Å². The van der Waals surface area contributed by atoms with Gasteiger partial charge in [0.25, 0.3) is 0 Å². The standard InChI is InChI=1S/C31H34F6N6O4/c1-3-24-11-25(17-43(24)29(46)47-26-6-4-19(5-7-26)27(44)45)42(28-38-12-20(13-39-28)21-14-40-41(2)16-21)15-18-8-22(30(32,33)34)10-23(9-18)31(35,36)37/h8-10,12-14,16,19,24-26H,3-7,11,15,17H2,1-2H3,(H,44,45)/t19?,24-,25+,26?/m1/s1. The molecule has 2 fully saturated rings. The molecule has 1 aliphatic heterocycles. The zero-order valence-electron chi connectivity index (χ0n) is 25.6. The summed E-state index contributed by atoms with van der Waals surface area (Å²) in [5, 5.41) is 13.4. The number of rotatable bonds is 8. The fraction of sp³-hybridized carbons (Fsp3) is 0.516. The maximum absolute atomic E-state index is 13.7. The molecule has 3 aromatic rings. The highest BCUT2D eigenvalue weighted by Crippen LogP contribution is 2.38. The molecule has 0 unspecified atom stereocenters. The van der Waals surface area contributed by atoms with Crippen LogP contribution in [0.25, 0.3) is 11.1 Å². The van der Waals surface area contributed by atoms with Crippen LogP contribution in [0.1, 0.15) is 62.1 Å². The minimum absolute atomic E-state index is 0.0562. The minimum Gasteiger partial charge on any atom is -0.481 e. The van der Waals surface area contributed by atoms with Crippen molar-refractivity contribution in [2.24, 2.45) is 13.0 Å². The van der Waals surface area contributed by atoms with Gasteiger partial charge in [0.05, 0.1) is 29.3 Å². The van der Waals surface area contributed by atoms with Crippen LogP contribution in [0.5, 0.6) is 0 Å². The van der Waals surface area contributed by atoms with Gasteiger partial charge in [0.2, 0.25) is 5.95 Å². The first-order chi connectivity index (χ1) is 22.1. The summed E-state index contributed by atoms with van der Waals surface area (Å²) in [6.45, 7) is 1.51. The molecule has 0 spiro atoms. The molecule has 1 aliphatic carbocycles. The van der Waals surface area contributed by atoms with E-state index >= 15 is 0 Å². The number of hydrogen-bond acceptors (Lipinski definition) is 7. The molecule has 1 saturated carbocycles. The number of amides is 1. The van der Waals surface area contributed by atoms with E-state index in [9.17, 15) is 41.0 Å². The fourth-order valence-electron chi connectivity index (χ4n) is 6.23. The molecule has 2 aliphatic rings. The van der Waals surface area contributed by atoms with Gasteiger partial charge in [0, 0.05) is 55.9 Å². The van der Waals surface area contributed by atoms with Crippen molar-refractivity contribution in [2.75, 3.05) is 11.4 Å². The quantitative estimate of drug-likeness (QED) is 0.269. The van der Waals surface area contributed by atoms with Crippen molar-refractivity contribution in [1.82, 2.24) is 24.6 Å². The van der Waals surface area contributed by atoms with E-state index in [-0.39, 0.29) is 30.2 Å². The van der Waals surface area contributed by atoms with Gasteiger partial charge >= 0.3 is 24.4 Å². The first kappa shape index (κ1) is 34.0. The van der Waals surface area contributed by atoms with Crippen LogP contribution in [-0.4, -0.2) is 66.5 Å². The Balaban J connectivity index is 1.44. The monoisotopic (exact) mass is 668 g/mol. The van der Waals surface area contributed by atoms with Crippen LogP contribution in [0.3, 0.4) is 0 Å². The molecule has 5 rings (SSSR count). The first-order valence-corrected chi connectivity index (χ1v) is 15.2. The van der Waals surface area contributed by atoms with Gasteiger partial charge in [-0.15, -0.1) is 0 Å². The number of carbonyl (C=O) groups is 2. The molecule has 0 radical (unpaired) electrons. The number of anilines is 1. The van der Waals surface area contributed by atoms with Crippen LogP contribution in [0.2, 0.25) is 0 Å². The van der Waals surface area contributed by atoms with Crippen molar-refractivity contribution in [3.63, 3.8) is 0 Å². The van der Waals surface area contributed by atoms with Crippen LogP contribution in [-0.2, 0) is 35.5 Å². The van der Waals surface area contributed by atoms with E-state index in [0.717, 1.165) is 0 Å². The van der Waals surface area contributed by atoms with Gasteiger partial charge in [-0.05, 0) is 62.3 Å². The number of ether oxygens (including phenoxy) is 1. The highest BCUT2D eigenvalue weighted by atomic mass is 19.4. The third kappa shape index (κ3) is 7.96. The lowest BCUT2D eigenvalue weighted by atomic mass is 9.87. The van der Waals surface area contributed by atoms with Crippen molar-refractivity contribution >= 4 is 18.0 Å². The number of carbonyl (C=O) groups excluding carboxylic acids is 1. The van der Waals surface area contributed by atoms with Crippen molar-refractivity contribution in [3.8, 4) is 11.1 Å². The third-order valence-corrected chi connectivity index (χ3v) is 8.76. The zero-order valence-corrected chi connectivity index (χ0v) is 25.6. The van der Waals surface area contributed by atoms with Crippen LogP contribution in [0.4, 0.5) is 37.1 Å². The van der Waals surface area contributed by atoms with E-state index < -0.39 is 60.2 Å². The van der Waals surface area contributed by atoms with Gasteiger partial charge in [0.15, 0.2) is 0 Å². The molecule has 47 heavy (non-hydrogen) atoms. The van der Waals surface area contributed by atoms with E-state index in [1.165, 1.54) is 22.2 Å². The summed E-state index contributed by atoms with van der Waals surface area (Å²) in [5.41, 5.74) is -1.82. The Morgan fingerprint density at radius 2 is 1.57 bits per heavy atom. The first-order valence-electron chi connectivity index (χ1n) is 15.2. The van der Waals surface area contributed by atoms with Crippen LogP contribution in [0, 0.1) is 5.92 Å². The molecule has 1 aromatic carbocycles. The number of benzene rings is 1. The van der Waals surface area contributed by atoms with E-state index in [1.807, 2.05) is 6.92 Å². The van der Waals surface area contributed by atoms with Gasteiger partial charge in [-0.3, -0.25) is 9.48 Å². The number of hydrogen-bond donors (Lipinski definition) is 1. The second-order valence-electron chi connectivity index (χ2n) is 12.0. The summed E-state index contributed by atoms with van der Waals surface area (Å²) in [5.74, 6) is -1.32. The molecule has 2 atom stereocenters. The second kappa shape index (κ2) is 13.4. The predicted octanol–water partition coefficient (Wildman–Crippen LogP) is 6.55. The molecule has 1 amide bonds. The lowest BCUT2D eigenvalue weighted by molar-refractivity contribution is -0.144. The molecule has 2 aromatic heterocycles. The van der Waals surface area contributed by atoms with Crippen molar-refractivity contribution < 1.29 is 45.8 Å². The number of carboxylic acids is 1. The minimum atomic E-state index is -5.02. The number of alkyl halides is 6.